The molecule has 0 spiro atoms. The van der Waals surface area contributed by atoms with Crippen molar-refractivity contribution in [3.05, 3.63) is 35.9 Å². The van der Waals surface area contributed by atoms with Gasteiger partial charge in [-0.2, -0.15) is 9.97 Å². The van der Waals surface area contributed by atoms with Crippen molar-refractivity contribution < 1.29 is 9.50 Å². The molecule has 8 nitrogen and oxygen atoms in total. The lowest BCUT2D eigenvalue weighted by atomic mass is 9.92. The van der Waals surface area contributed by atoms with Crippen molar-refractivity contribution in [2.45, 2.75) is 82.5 Å². The smallest absolute Gasteiger partial charge is 0.227 e. The third-order valence-corrected chi connectivity index (χ3v) is 6.98. The van der Waals surface area contributed by atoms with Gasteiger partial charge in [0, 0.05) is 30.2 Å². The molecule has 2 fully saturated rings. The molecule has 9 heteroatoms. The van der Waals surface area contributed by atoms with Crippen molar-refractivity contribution >= 4 is 22.9 Å². The molecular formula is C24H32FN7O. The minimum Gasteiger partial charge on any atom is -0.508 e. The minimum absolute atomic E-state index is 0.0406. The largest absolute Gasteiger partial charge is 0.508 e. The standard InChI is InChI=1S/C24H32FN7O/c25-16-6-11-20(33)15(12-16)13-27-22-21-23(32(14-28-21)19-4-2-1-3-5-19)31-24(30-22)29-18-9-7-17(26)8-10-18/h6,11-12,14,17-19,33H,1-5,7-10,13,26H2,(H2,27,29,30,31). The zero-order valence-corrected chi connectivity index (χ0v) is 18.8. The number of hydrogen-bond donors (Lipinski definition) is 4. The number of nitrogens with zero attached hydrogens (tertiary/aromatic N) is 4. The van der Waals surface area contributed by atoms with Crippen LogP contribution in [0, 0.1) is 5.82 Å². The van der Waals surface area contributed by atoms with E-state index < -0.39 is 5.82 Å². The first-order chi connectivity index (χ1) is 16.1. The van der Waals surface area contributed by atoms with Gasteiger partial charge in [-0.3, -0.25) is 0 Å². The molecule has 0 saturated heterocycles. The average Bonchev–Trinajstić information content (AvgIpc) is 3.26. The molecule has 2 saturated carbocycles. The normalized spacial score (nSPS) is 21.9. The van der Waals surface area contributed by atoms with E-state index in [1.54, 1.807) is 0 Å². The lowest BCUT2D eigenvalue weighted by Gasteiger charge is -2.27. The number of fused-ring (bicyclic) bond motifs is 1. The van der Waals surface area contributed by atoms with Crippen LogP contribution in [-0.2, 0) is 6.54 Å². The first-order valence-electron chi connectivity index (χ1n) is 12.0. The van der Waals surface area contributed by atoms with Crippen molar-refractivity contribution in [3.8, 4) is 5.75 Å². The number of halogens is 1. The van der Waals surface area contributed by atoms with E-state index in [0.29, 0.717) is 28.9 Å². The molecule has 2 aliphatic rings. The number of anilines is 2. The zero-order valence-electron chi connectivity index (χ0n) is 18.8. The Balaban J connectivity index is 1.46. The summed E-state index contributed by atoms with van der Waals surface area (Å²) in [7, 11) is 0. The van der Waals surface area contributed by atoms with Crippen LogP contribution in [0.25, 0.3) is 11.2 Å². The molecule has 2 aromatic heterocycles. The Morgan fingerprint density at radius 3 is 2.64 bits per heavy atom. The van der Waals surface area contributed by atoms with Crippen LogP contribution < -0.4 is 16.4 Å². The van der Waals surface area contributed by atoms with Crippen LogP contribution in [0.2, 0.25) is 0 Å². The average molecular weight is 454 g/mol. The first kappa shape index (κ1) is 21.9. The van der Waals surface area contributed by atoms with Crippen LogP contribution >= 0.6 is 0 Å². The monoisotopic (exact) mass is 453 g/mol. The van der Waals surface area contributed by atoms with Gasteiger partial charge in [0.25, 0.3) is 0 Å². The van der Waals surface area contributed by atoms with Crippen LogP contribution in [0.5, 0.6) is 5.75 Å². The molecule has 33 heavy (non-hydrogen) atoms. The third-order valence-electron chi connectivity index (χ3n) is 6.98. The highest BCUT2D eigenvalue weighted by Gasteiger charge is 2.23. The fourth-order valence-electron chi connectivity index (χ4n) is 5.05. The van der Waals surface area contributed by atoms with E-state index in [-0.39, 0.29) is 24.4 Å². The van der Waals surface area contributed by atoms with E-state index in [9.17, 15) is 9.50 Å². The van der Waals surface area contributed by atoms with Gasteiger partial charge in [-0.25, -0.2) is 9.37 Å². The summed E-state index contributed by atoms with van der Waals surface area (Å²) in [4.78, 5) is 14.2. The predicted octanol–water partition coefficient (Wildman–Crippen LogP) is 4.47. The molecule has 0 atom stereocenters. The fourth-order valence-corrected chi connectivity index (χ4v) is 5.05. The van der Waals surface area contributed by atoms with Gasteiger partial charge in [0.15, 0.2) is 17.0 Å². The van der Waals surface area contributed by atoms with Gasteiger partial charge in [0.1, 0.15) is 11.6 Å². The Bertz CT molecular complexity index is 1100. The maximum atomic E-state index is 13.7. The van der Waals surface area contributed by atoms with E-state index in [2.05, 4.69) is 20.2 Å². The Morgan fingerprint density at radius 2 is 1.85 bits per heavy atom. The summed E-state index contributed by atoms with van der Waals surface area (Å²) in [5.74, 6) is 0.787. The van der Waals surface area contributed by atoms with E-state index in [0.717, 1.165) is 44.2 Å². The fraction of sp³-hybridized carbons (Fsp3) is 0.542. The van der Waals surface area contributed by atoms with Crippen molar-refractivity contribution in [2.24, 2.45) is 5.73 Å². The van der Waals surface area contributed by atoms with Gasteiger partial charge in [-0.05, 0) is 56.7 Å². The number of hydrogen-bond acceptors (Lipinski definition) is 7. The summed E-state index contributed by atoms with van der Waals surface area (Å²) in [6.45, 7) is 0.226. The highest BCUT2D eigenvalue weighted by atomic mass is 19.1. The number of phenolic OH excluding ortho intramolecular Hbond substituents is 1. The van der Waals surface area contributed by atoms with E-state index in [1.807, 2.05) is 6.33 Å². The Morgan fingerprint density at radius 1 is 1.06 bits per heavy atom. The second-order valence-corrected chi connectivity index (χ2v) is 9.39. The zero-order chi connectivity index (χ0) is 22.8. The van der Waals surface area contributed by atoms with Crippen molar-refractivity contribution in [2.75, 3.05) is 10.6 Å². The van der Waals surface area contributed by atoms with Crippen LogP contribution in [0.4, 0.5) is 16.2 Å². The maximum Gasteiger partial charge on any atom is 0.227 e. The van der Waals surface area contributed by atoms with Gasteiger partial charge in [0.2, 0.25) is 5.95 Å². The van der Waals surface area contributed by atoms with Crippen LogP contribution in [0.3, 0.4) is 0 Å². The summed E-state index contributed by atoms with van der Waals surface area (Å²) < 4.78 is 15.9. The lowest BCUT2D eigenvalue weighted by molar-refractivity contribution is 0.358. The van der Waals surface area contributed by atoms with Gasteiger partial charge in [-0.15, -0.1) is 0 Å². The quantitative estimate of drug-likeness (QED) is 0.435. The number of aromatic hydroxyl groups is 1. The number of rotatable bonds is 6. The predicted molar refractivity (Wildman–Crippen MR) is 127 cm³/mol. The van der Waals surface area contributed by atoms with Crippen LogP contribution in [0.15, 0.2) is 24.5 Å². The highest BCUT2D eigenvalue weighted by molar-refractivity contribution is 5.84. The molecule has 3 aromatic rings. The molecule has 2 aliphatic carbocycles. The molecule has 176 valence electrons. The van der Waals surface area contributed by atoms with Gasteiger partial charge in [0.05, 0.1) is 6.33 Å². The molecule has 0 aliphatic heterocycles. The molecule has 0 amide bonds. The number of phenols is 1. The van der Waals surface area contributed by atoms with Gasteiger partial charge >= 0.3 is 0 Å². The number of benzene rings is 1. The first-order valence-corrected chi connectivity index (χ1v) is 12.0. The van der Waals surface area contributed by atoms with Crippen molar-refractivity contribution in [1.29, 1.82) is 0 Å². The number of aromatic nitrogens is 4. The second-order valence-electron chi connectivity index (χ2n) is 9.39. The van der Waals surface area contributed by atoms with E-state index >= 15 is 0 Å². The number of nitrogens with one attached hydrogen (secondary N) is 2. The Labute approximate surface area is 192 Å². The Kier molecular flexibility index (Phi) is 6.30. The summed E-state index contributed by atoms with van der Waals surface area (Å²) in [5, 5.41) is 16.9. The third kappa shape index (κ3) is 4.88. The summed E-state index contributed by atoms with van der Waals surface area (Å²) in [5.41, 5.74) is 8.02. The van der Waals surface area contributed by atoms with Gasteiger partial charge in [-0.1, -0.05) is 19.3 Å². The van der Waals surface area contributed by atoms with Crippen molar-refractivity contribution in [1.82, 2.24) is 19.5 Å². The molecule has 0 bridgehead atoms. The summed E-state index contributed by atoms with van der Waals surface area (Å²) in [6.07, 6.45) is 11.8. The Hall–Kier alpha value is -2.94. The topological polar surface area (TPSA) is 114 Å². The SMILES string of the molecule is NC1CCC(Nc2nc(NCc3cc(F)ccc3O)c3ncn(C4CCCCC4)c3n2)CC1. The minimum atomic E-state index is -0.392. The highest BCUT2D eigenvalue weighted by Crippen LogP contribution is 2.32. The molecule has 5 N–H and O–H groups in total. The van der Waals surface area contributed by atoms with Crippen LogP contribution in [-0.4, -0.2) is 36.7 Å². The lowest BCUT2D eigenvalue weighted by Crippen LogP contribution is -2.33. The number of imidazole rings is 1. The van der Waals surface area contributed by atoms with Crippen molar-refractivity contribution in [3.63, 3.8) is 0 Å². The molecule has 1 aromatic carbocycles. The molecule has 2 heterocycles. The summed E-state index contributed by atoms with van der Waals surface area (Å²) in [6, 6.07) is 4.88. The van der Waals surface area contributed by atoms with E-state index in [4.69, 9.17) is 15.7 Å². The molecule has 0 radical (unpaired) electrons. The molecule has 0 unspecified atom stereocenters. The maximum absolute atomic E-state index is 13.7. The molecular weight excluding hydrogens is 421 g/mol. The summed E-state index contributed by atoms with van der Waals surface area (Å²) >= 11 is 0. The van der Waals surface area contributed by atoms with Crippen LogP contribution in [0.1, 0.15) is 69.4 Å². The number of nitrogens with two attached hydrogens (primary N) is 1. The second kappa shape index (κ2) is 9.51. The van der Waals surface area contributed by atoms with Gasteiger partial charge < -0.3 is 26.0 Å². The molecule has 5 rings (SSSR count). The van der Waals surface area contributed by atoms with E-state index in [1.165, 1.54) is 37.5 Å².